The average Bonchev–Trinajstić information content (AvgIpc) is 3.14. The maximum Gasteiger partial charge on any atom is 0.112 e. The van der Waals surface area contributed by atoms with Gasteiger partial charge in [-0.25, -0.2) is 4.98 Å². The Balaban J connectivity index is 1.62. The van der Waals surface area contributed by atoms with Crippen LogP contribution in [-0.2, 0) is 0 Å². The maximum absolute atomic E-state index is 5.00. The highest BCUT2D eigenvalue weighted by Crippen LogP contribution is 2.50. The summed E-state index contributed by atoms with van der Waals surface area (Å²) in [6.07, 6.45) is 3.84. The number of fused-ring (bicyclic) bond motifs is 3. The summed E-state index contributed by atoms with van der Waals surface area (Å²) in [6.45, 7) is 2.17. The molecule has 25 heavy (non-hydrogen) atoms. The first-order valence-electron chi connectivity index (χ1n) is 9.44. The lowest BCUT2D eigenvalue weighted by Gasteiger charge is -2.42. The summed E-state index contributed by atoms with van der Waals surface area (Å²) in [7, 11) is 2.31. The van der Waals surface area contributed by atoms with E-state index in [9.17, 15) is 0 Å². The molecule has 0 spiro atoms. The lowest BCUT2D eigenvalue weighted by molar-refractivity contribution is 0.134. The van der Waals surface area contributed by atoms with Crippen molar-refractivity contribution >= 4 is 11.0 Å². The molecule has 3 heterocycles. The third-order valence-electron chi connectivity index (χ3n) is 6.50. The Morgan fingerprint density at radius 1 is 1.04 bits per heavy atom. The monoisotopic (exact) mass is 331 g/mol. The Kier molecular flexibility index (Phi) is 3.46. The minimum atomic E-state index is 0.443. The molecule has 4 atom stereocenters. The van der Waals surface area contributed by atoms with Gasteiger partial charge in [0.15, 0.2) is 0 Å². The molecule has 2 aliphatic rings. The molecule has 1 unspecified atom stereocenters. The van der Waals surface area contributed by atoms with Crippen LogP contribution in [0.1, 0.15) is 48.0 Å². The number of para-hydroxylation sites is 2. The second kappa shape index (κ2) is 5.70. The van der Waals surface area contributed by atoms with Gasteiger partial charge in [0.2, 0.25) is 0 Å². The number of imidazole rings is 1. The van der Waals surface area contributed by atoms with Gasteiger partial charge in [-0.15, -0.1) is 0 Å². The van der Waals surface area contributed by atoms with Crippen molar-refractivity contribution in [3.63, 3.8) is 0 Å². The van der Waals surface area contributed by atoms with E-state index in [1.165, 1.54) is 36.2 Å². The molecule has 2 aliphatic heterocycles. The minimum Gasteiger partial charge on any atom is -0.342 e. The second-order valence-electron chi connectivity index (χ2n) is 7.88. The summed E-state index contributed by atoms with van der Waals surface area (Å²) >= 11 is 0. The molecule has 128 valence electrons. The fourth-order valence-corrected chi connectivity index (χ4v) is 5.13. The third kappa shape index (κ3) is 2.41. The number of nitrogens with one attached hydrogen (secondary N) is 1. The van der Waals surface area contributed by atoms with Crippen molar-refractivity contribution in [1.82, 2.24) is 14.9 Å². The van der Waals surface area contributed by atoms with Crippen LogP contribution >= 0.6 is 0 Å². The van der Waals surface area contributed by atoms with Crippen LogP contribution in [-0.4, -0.2) is 34.0 Å². The van der Waals surface area contributed by atoms with Gasteiger partial charge in [-0.05, 0) is 56.8 Å². The van der Waals surface area contributed by atoms with E-state index < -0.39 is 0 Å². The first kappa shape index (κ1) is 15.2. The van der Waals surface area contributed by atoms with Crippen molar-refractivity contribution in [3.8, 4) is 0 Å². The fraction of sp³-hybridized carbons (Fsp3) is 0.409. The molecule has 2 saturated heterocycles. The van der Waals surface area contributed by atoms with E-state index in [0.29, 0.717) is 17.9 Å². The van der Waals surface area contributed by atoms with Gasteiger partial charge >= 0.3 is 0 Å². The van der Waals surface area contributed by atoms with Crippen LogP contribution in [0, 0.1) is 6.92 Å². The van der Waals surface area contributed by atoms with Crippen molar-refractivity contribution in [2.24, 2.45) is 0 Å². The van der Waals surface area contributed by atoms with Crippen LogP contribution < -0.4 is 0 Å². The second-order valence-corrected chi connectivity index (χ2v) is 7.88. The largest absolute Gasteiger partial charge is 0.342 e. The SMILES string of the molecule is Cc1ccc([C@H]2C[C@H]3CCC([C@@H]2c2nc4ccccc4[nH]2)N3C)cc1. The number of H-pyrrole nitrogens is 1. The zero-order valence-electron chi connectivity index (χ0n) is 14.9. The topological polar surface area (TPSA) is 31.9 Å². The molecule has 3 heteroatoms. The third-order valence-corrected chi connectivity index (χ3v) is 6.50. The summed E-state index contributed by atoms with van der Waals surface area (Å²) in [5, 5.41) is 0. The molecule has 0 amide bonds. The zero-order valence-corrected chi connectivity index (χ0v) is 14.9. The Hall–Kier alpha value is -2.13. The molecule has 5 rings (SSSR count). The Morgan fingerprint density at radius 2 is 1.84 bits per heavy atom. The number of aryl methyl sites for hydroxylation is 1. The summed E-state index contributed by atoms with van der Waals surface area (Å²) in [5.41, 5.74) is 5.05. The molecule has 1 N–H and O–H groups in total. The number of aromatic nitrogens is 2. The number of benzene rings is 2. The van der Waals surface area contributed by atoms with E-state index in [1.54, 1.807) is 0 Å². The van der Waals surface area contributed by atoms with E-state index in [0.717, 1.165) is 17.1 Å². The minimum absolute atomic E-state index is 0.443. The van der Waals surface area contributed by atoms with Gasteiger partial charge < -0.3 is 4.98 Å². The van der Waals surface area contributed by atoms with E-state index in [4.69, 9.17) is 4.98 Å². The molecule has 3 aromatic rings. The molecule has 3 nitrogen and oxygen atoms in total. The first-order valence-corrected chi connectivity index (χ1v) is 9.44. The molecule has 2 aromatic carbocycles. The Bertz CT molecular complexity index is 862. The van der Waals surface area contributed by atoms with Crippen molar-refractivity contribution in [2.75, 3.05) is 7.05 Å². The van der Waals surface area contributed by atoms with E-state index in [1.807, 2.05) is 0 Å². The lowest BCUT2D eigenvalue weighted by Crippen LogP contribution is -2.44. The molecule has 1 aromatic heterocycles. The predicted octanol–water partition coefficient (Wildman–Crippen LogP) is 4.61. The quantitative estimate of drug-likeness (QED) is 0.744. The van der Waals surface area contributed by atoms with Crippen LogP contribution in [0.2, 0.25) is 0 Å². The lowest BCUT2D eigenvalue weighted by atomic mass is 9.75. The highest BCUT2D eigenvalue weighted by atomic mass is 15.2. The van der Waals surface area contributed by atoms with Crippen molar-refractivity contribution in [2.45, 2.75) is 50.1 Å². The molecular weight excluding hydrogens is 306 g/mol. The number of piperidine rings is 1. The standard InChI is InChI=1S/C22H25N3/c1-14-7-9-15(10-8-14)17-13-16-11-12-20(25(16)2)21(17)22-23-18-5-3-4-6-19(18)24-22/h3-10,16-17,20-21H,11-13H2,1-2H3,(H,23,24)/t16-,17-,20?,21-/m1/s1. The predicted molar refractivity (Wildman–Crippen MR) is 102 cm³/mol. The van der Waals surface area contributed by atoms with E-state index in [2.05, 4.69) is 72.4 Å². The van der Waals surface area contributed by atoms with Crippen LogP contribution in [0.5, 0.6) is 0 Å². The first-order chi connectivity index (χ1) is 12.2. The van der Waals surface area contributed by atoms with Crippen molar-refractivity contribution < 1.29 is 0 Å². The maximum atomic E-state index is 5.00. The van der Waals surface area contributed by atoms with Crippen molar-refractivity contribution in [3.05, 3.63) is 65.5 Å². The van der Waals surface area contributed by atoms with Gasteiger partial charge in [0, 0.05) is 18.0 Å². The number of nitrogens with zero attached hydrogens (tertiary/aromatic N) is 2. The molecule has 0 radical (unpaired) electrons. The highest BCUT2D eigenvalue weighted by molar-refractivity contribution is 5.75. The zero-order chi connectivity index (χ0) is 17.0. The van der Waals surface area contributed by atoms with Crippen LogP contribution in [0.15, 0.2) is 48.5 Å². The summed E-state index contributed by atoms with van der Waals surface area (Å²) in [6, 6.07) is 18.9. The van der Waals surface area contributed by atoms with E-state index in [-0.39, 0.29) is 0 Å². The summed E-state index contributed by atoms with van der Waals surface area (Å²) in [4.78, 5) is 11.3. The Morgan fingerprint density at radius 3 is 2.64 bits per heavy atom. The molecule has 2 fully saturated rings. The number of rotatable bonds is 2. The highest BCUT2D eigenvalue weighted by Gasteiger charge is 2.47. The van der Waals surface area contributed by atoms with Gasteiger partial charge in [-0.3, -0.25) is 4.90 Å². The van der Waals surface area contributed by atoms with Crippen molar-refractivity contribution in [1.29, 1.82) is 0 Å². The van der Waals surface area contributed by atoms with E-state index >= 15 is 0 Å². The van der Waals surface area contributed by atoms with Gasteiger partial charge in [0.05, 0.1) is 11.0 Å². The number of hydrogen-bond donors (Lipinski definition) is 1. The van der Waals surface area contributed by atoms with Gasteiger partial charge in [-0.2, -0.15) is 0 Å². The van der Waals surface area contributed by atoms with Gasteiger partial charge in [0.1, 0.15) is 5.82 Å². The normalized spacial score (nSPS) is 29.4. The Labute approximate surface area is 149 Å². The number of likely N-dealkylation sites (N-methyl/N-ethyl adjacent to an activating group) is 1. The summed E-state index contributed by atoms with van der Waals surface area (Å²) in [5.74, 6) is 2.16. The molecule has 0 saturated carbocycles. The molecule has 2 bridgehead atoms. The smallest absolute Gasteiger partial charge is 0.112 e. The number of aromatic amines is 1. The average molecular weight is 331 g/mol. The van der Waals surface area contributed by atoms with Crippen LogP contribution in [0.3, 0.4) is 0 Å². The summed E-state index contributed by atoms with van der Waals surface area (Å²) < 4.78 is 0. The van der Waals surface area contributed by atoms with Gasteiger partial charge in [0.25, 0.3) is 0 Å². The number of hydrogen-bond acceptors (Lipinski definition) is 2. The van der Waals surface area contributed by atoms with Crippen LogP contribution in [0.4, 0.5) is 0 Å². The van der Waals surface area contributed by atoms with Crippen LogP contribution in [0.25, 0.3) is 11.0 Å². The van der Waals surface area contributed by atoms with Gasteiger partial charge in [-0.1, -0.05) is 42.0 Å². The fourth-order valence-electron chi connectivity index (χ4n) is 5.13. The molecular formula is C22H25N3. The molecule has 0 aliphatic carbocycles.